The Morgan fingerprint density at radius 1 is 0.703 bits per heavy atom. The number of allylic oxidation sites excluding steroid dienone is 3. The molecule has 15 N–H and O–H groups in total. The number of unbranched alkanes of at least 4 members (excludes halogenated alkanes) is 3. The van der Waals surface area contributed by atoms with Gasteiger partial charge < -0.3 is 130 Å². The Morgan fingerprint density at radius 2 is 1.30 bits per heavy atom. The van der Waals surface area contributed by atoms with Gasteiger partial charge in [-0.05, 0) is 95.0 Å². The molecule has 3 fully saturated rings. The average molecular weight is 2120 g/mol. The number of epoxide rings is 1. The smallest absolute Gasteiger partial charge is 0.409 e. The van der Waals surface area contributed by atoms with Crippen molar-refractivity contribution in [2.45, 2.75) is 183 Å². The number of fused-ring (bicyclic) bond motifs is 6. The van der Waals surface area contributed by atoms with E-state index in [4.69, 9.17) is 74.2 Å². The van der Waals surface area contributed by atoms with Gasteiger partial charge in [-0.1, -0.05) is 55.2 Å². The summed E-state index contributed by atoms with van der Waals surface area (Å²) >= 11 is 7.80. The van der Waals surface area contributed by atoms with Gasteiger partial charge in [-0.25, -0.2) is 29.1 Å². The van der Waals surface area contributed by atoms with Crippen molar-refractivity contribution in [2.75, 3.05) is 188 Å². The van der Waals surface area contributed by atoms with Crippen LogP contribution in [-0.2, 0) is 132 Å². The summed E-state index contributed by atoms with van der Waals surface area (Å²) in [6.07, 6.45) is 5.12. The van der Waals surface area contributed by atoms with Crippen LogP contribution in [0.5, 0.6) is 5.75 Å². The minimum atomic E-state index is -1.94. The first-order valence-corrected chi connectivity index (χ1v) is 49.8. The summed E-state index contributed by atoms with van der Waals surface area (Å²) in [6.45, 7) is 8.49. The number of benzene rings is 2. The molecule has 2 aromatic carbocycles. The molecular weight excluding hydrogens is 1980 g/mol. The van der Waals surface area contributed by atoms with Crippen molar-refractivity contribution < 1.29 is 149 Å². The molecule has 0 radical (unpaired) electrons. The Morgan fingerprint density at radius 3 is 1.93 bits per heavy atom. The number of halogens is 1. The van der Waals surface area contributed by atoms with Gasteiger partial charge in [0.2, 0.25) is 59.1 Å². The van der Waals surface area contributed by atoms with Crippen LogP contribution >= 0.6 is 23.4 Å². The number of carboxylic acid groups (broad SMARTS) is 2. The number of nitrogens with two attached hydrogens (primary N) is 1. The number of aliphatic carboxylic acids is 2. The number of imide groups is 2. The maximum Gasteiger partial charge on any atom is 0.409 e. The first-order chi connectivity index (χ1) is 70.8. The molecule has 7 heterocycles. The van der Waals surface area contributed by atoms with Gasteiger partial charge in [0, 0.05) is 128 Å². The quantitative estimate of drug-likeness (QED) is 0.0120. The second-order valence-corrected chi connectivity index (χ2v) is 37.1. The highest BCUT2D eigenvalue weighted by molar-refractivity contribution is 8.00. The number of likely N-dealkylation sites (tertiary alicyclic amines) is 1. The zero-order valence-electron chi connectivity index (χ0n) is 83.8. The lowest BCUT2D eigenvalue weighted by Crippen LogP contribution is -2.63. The molecule has 0 spiro atoms. The van der Waals surface area contributed by atoms with Gasteiger partial charge in [-0.3, -0.25) is 82.4 Å². The van der Waals surface area contributed by atoms with E-state index in [0.29, 0.717) is 55.1 Å². The lowest BCUT2D eigenvalue weighted by atomic mass is 9.83. The number of aliphatic hydroxyl groups is 1. The number of hydrogen-bond donors (Lipinski definition) is 14. The van der Waals surface area contributed by atoms with Crippen LogP contribution in [0, 0.1) is 5.92 Å². The zero-order valence-corrected chi connectivity index (χ0v) is 85.4. The van der Waals surface area contributed by atoms with Gasteiger partial charge in [0.05, 0.1) is 142 Å². The number of likely N-dealkylation sites (N-methyl/N-ethyl adjacent to an activating group) is 1. The fourth-order valence-electron chi connectivity index (χ4n) is 15.9. The highest BCUT2D eigenvalue weighted by Crippen LogP contribution is 2.50. The lowest BCUT2D eigenvalue weighted by Gasteiger charge is -2.42. The van der Waals surface area contributed by atoms with Crippen LogP contribution in [0.1, 0.15) is 126 Å². The number of thioether (sulfide) groups is 1. The molecule has 4 aromatic rings. The number of aromatic amines is 1. The average Bonchev–Trinajstić information content (AvgIpc) is 1.57. The lowest BCUT2D eigenvalue weighted by molar-refractivity contribution is -0.162. The van der Waals surface area contributed by atoms with Crippen LogP contribution < -0.4 is 68.8 Å². The highest BCUT2D eigenvalue weighted by atomic mass is 35.5. The predicted molar refractivity (Wildman–Crippen MR) is 530 cm³/mol. The minimum Gasteiger partial charge on any atom is -0.495 e. The van der Waals surface area contributed by atoms with Crippen molar-refractivity contribution in [2.24, 2.45) is 5.92 Å². The number of carbonyl (C=O) groups excluding carboxylic acids is 14. The molecule has 5 aliphatic heterocycles. The Kier molecular flexibility index (Phi) is 48.1. The molecule has 9 rings (SSSR count). The van der Waals surface area contributed by atoms with Gasteiger partial charge in [0.1, 0.15) is 65.4 Å². The molecule has 2 aromatic heterocycles. The summed E-state index contributed by atoms with van der Waals surface area (Å²) in [5.41, 5.74) is 4.82. The Hall–Kier alpha value is -12.8. The minimum absolute atomic E-state index is 0.0105. The van der Waals surface area contributed by atoms with E-state index in [0.717, 1.165) is 34.2 Å². The monoisotopic (exact) mass is 2120 g/mol. The molecule has 0 aliphatic carbocycles. The molecule has 0 saturated carbocycles. The van der Waals surface area contributed by atoms with Crippen LogP contribution in [0.3, 0.4) is 0 Å². The number of carboxylic acids is 2. The molecule has 4 unspecified atom stereocenters. The number of amides is 13. The number of carbonyl (C=O) groups is 16. The number of rotatable bonds is 62. The SMILES string of the molecule is COc1cc2cc(c1Cl)N(C)C(=O)C[C@H](OC(=O)[C@H](C)N(C)C(=O)CCSC1CC(=O)N(CC(=O)NC(CNC(=O)CCOCCOCCOCCOCCOCCOCCC(=O)NCC(NCCCCCCN3C(=O)C=CC3=O)C(=O)NCCOCCNC(=O)CCC(NC(=O)c3ccc(NCc4cnc5nc(N)[nH]c(=O)c5n4)cc3)C(=O)O)C(=O)O)C1=O)[C@]1(C)O[C@H]1[C@H](C)[C@@H]1C[C@@](O)(NC(=O)O1)[C@H](OC)/C=C/C=C(\C)C2. The van der Waals surface area contributed by atoms with Gasteiger partial charge >= 0.3 is 24.0 Å². The first kappa shape index (κ1) is 119. The van der Waals surface area contributed by atoms with E-state index in [9.17, 15) is 96.8 Å². The number of nitrogen functional groups attached to an aromatic ring is 1. The van der Waals surface area contributed by atoms with Gasteiger partial charge in [0.25, 0.3) is 23.3 Å². The number of methoxy groups -OCH3 is 2. The molecule has 52 heteroatoms. The molecule has 812 valence electrons. The normalized spacial score (nSPS) is 20.6. The summed E-state index contributed by atoms with van der Waals surface area (Å²) in [6, 6.07) is 4.44. The van der Waals surface area contributed by atoms with Crippen molar-refractivity contribution in [3.05, 3.63) is 111 Å². The second kappa shape index (κ2) is 60.0. The van der Waals surface area contributed by atoms with Crippen molar-refractivity contribution in [1.82, 2.24) is 77.2 Å². The molecular formula is C96H133ClN18O32S. The predicted octanol–water partition coefficient (Wildman–Crippen LogP) is 0.0237. The number of ether oxygens (including phenoxy) is 12. The first-order valence-electron chi connectivity index (χ1n) is 48.4. The number of H-pyrrole nitrogens is 1. The maximum absolute atomic E-state index is 14.5. The summed E-state index contributed by atoms with van der Waals surface area (Å²) in [4.78, 5) is 239. The van der Waals surface area contributed by atoms with Gasteiger partial charge in [0.15, 0.2) is 16.9 Å². The van der Waals surface area contributed by atoms with Crippen molar-refractivity contribution >= 4 is 147 Å². The number of aromatic nitrogens is 4. The summed E-state index contributed by atoms with van der Waals surface area (Å²) in [5.74, 6) is -11.2. The number of esters is 1. The third-order valence-corrected chi connectivity index (χ3v) is 26.1. The summed E-state index contributed by atoms with van der Waals surface area (Å²) < 4.78 is 68.2. The van der Waals surface area contributed by atoms with Crippen LogP contribution in [0.15, 0.2) is 83.3 Å². The standard InChI is InChI=1S/C96H133ClN18O32S/c1-57-14-13-15-71(137-8)96(135)51-69(145-94(134)111-96)58(2)84-95(4,147-84)72(50-80(123)113(6)67-47-60(46-57)48-68(136-7)82(67)97)146-92(133)59(3)112(5)77(120)26-45-148-70-49-81(124)115(89(70)128)56-76(119)107-66(91(131)132)55-104-75(118)25-32-139-36-38-142-40-42-144-44-43-143-41-39-141-37-35-138-31-24-74(117)103-54-65(99-27-11-9-10-12-30-114-78(121)22-23-79(114)122)87(126)101-29-34-140-33-28-100-73(116)21-20-64(90(129)130)108-86(125)61-16-18-62(19-17-61)102-52-63-53-105-85-83(106-63)88(127)110-93(98)109-85/h13-19,22-23,47-48,53,58-59,64-66,69-72,84,99,102,135H,9-12,20-21,24-46,49-52,54-56H2,1-8H3,(H,100,116)(H,101,126)(H,103,117)(H,104,118)(H,107,119)(H,108,125)(H,111,134)(H,129,130)(H,131,132)(H3,98,105,109,110,127)/b15-13+,57-14+/t58-,59+,64?,65?,66?,69+,70?,71-,72+,84+,95+,96+/m1/s1. The Bertz CT molecular complexity index is 5410. The number of alkyl carbamates (subject to hydrolysis) is 1. The van der Waals surface area contributed by atoms with E-state index < -0.39 is 173 Å². The van der Waals surface area contributed by atoms with E-state index in [1.165, 1.54) is 75.5 Å². The van der Waals surface area contributed by atoms with E-state index in [2.05, 4.69) is 67.8 Å². The van der Waals surface area contributed by atoms with E-state index >= 15 is 0 Å². The van der Waals surface area contributed by atoms with E-state index in [-0.39, 0.29) is 226 Å². The van der Waals surface area contributed by atoms with E-state index in [1.807, 2.05) is 6.92 Å². The maximum atomic E-state index is 14.5. The third kappa shape index (κ3) is 37.5. The largest absolute Gasteiger partial charge is 0.495 e. The summed E-state index contributed by atoms with van der Waals surface area (Å²) in [7, 11) is 5.67. The molecule has 12 atom stereocenters. The van der Waals surface area contributed by atoms with Crippen LogP contribution in [0.4, 0.5) is 22.1 Å². The fraction of sp³-hybridized carbons (Fsp3) is 0.583. The van der Waals surface area contributed by atoms with Gasteiger partial charge in [-0.2, -0.15) is 4.98 Å². The van der Waals surface area contributed by atoms with Crippen molar-refractivity contribution in [3.8, 4) is 5.75 Å². The molecule has 13 amide bonds. The van der Waals surface area contributed by atoms with Crippen LogP contribution in [0.2, 0.25) is 5.02 Å². The van der Waals surface area contributed by atoms with Gasteiger partial charge in [-0.15, -0.1) is 11.8 Å². The number of nitrogens with zero attached hydrogens (tertiary/aromatic N) is 7. The molecule has 3 saturated heterocycles. The molecule has 148 heavy (non-hydrogen) atoms. The Balaban J connectivity index is 0.569. The number of hydrogen-bond acceptors (Lipinski definition) is 37. The number of anilines is 3. The topological polar surface area (TPSA) is 667 Å². The summed E-state index contributed by atoms with van der Waals surface area (Å²) in [5, 5.41) is 54.8. The molecule has 5 aliphatic rings. The molecule has 4 bridgehead atoms. The third-order valence-electron chi connectivity index (χ3n) is 24.5. The van der Waals surface area contributed by atoms with Crippen molar-refractivity contribution in [3.63, 3.8) is 0 Å². The number of nitrogens with one attached hydrogen (secondary N) is 10. The Labute approximate surface area is 862 Å². The van der Waals surface area contributed by atoms with Crippen molar-refractivity contribution in [1.29, 1.82) is 0 Å². The second-order valence-electron chi connectivity index (χ2n) is 35.4. The van der Waals surface area contributed by atoms with Crippen LogP contribution in [-0.4, -0.2) is 382 Å². The zero-order chi connectivity index (χ0) is 108. The highest BCUT2D eigenvalue weighted by Gasteiger charge is 2.65. The molecule has 50 nitrogen and oxygen atoms in total. The fourth-order valence-corrected chi connectivity index (χ4v) is 17.3. The van der Waals surface area contributed by atoms with Crippen LogP contribution in [0.25, 0.3) is 11.2 Å². The van der Waals surface area contributed by atoms with E-state index in [1.54, 1.807) is 56.3 Å².